The molecular weight excluding hydrogens is 303 g/mol. The number of phosphoric ester groups is 1. The van der Waals surface area contributed by atoms with Gasteiger partial charge in [-0.3, -0.25) is 9.79 Å². The van der Waals surface area contributed by atoms with E-state index in [-0.39, 0.29) is 5.75 Å². The maximum absolute atomic E-state index is 10.9. The summed E-state index contributed by atoms with van der Waals surface area (Å²) in [6.07, 6.45) is 2.87. The van der Waals surface area contributed by atoms with E-state index in [4.69, 9.17) is 9.79 Å². The highest BCUT2D eigenvalue weighted by molar-refractivity contribution is 7.46. The summed E-state index contributed by atoms with van der Waals surface area (Å²) in [5, 5.41) is 1.05. The molecule has 0 aliphatic rings. The van der Waals surface area contributed by atoms with Crippen molar-refractivity contribution < 1.29 is 18.9 Å². The van der Waals surface area contributed by atoms with Gasteiger partial charge in [0.1, 0.15) is 5.75 Å². The number of hydrogen-bond acceptors (Lipinski definition) is 3. The lowest BCUT2D eigenvalue weighted by molar-refractivity contribution is 0.237. The summed E-state index contributed by atoms with van der Waals surface area (Å²) in [5.74, 6) is 0.159. The highest BCUT2D eigenvalue weighted by atomic mass is 31.2. The number of aromatic nitrogens is 1. The van der Waals surface area contributed by atoms with Crippen LogP contribution in [0.4, 0.5) is 0 Å². The van der Waals surface area contributed by atoms with E-state index in [0.717, 1.165) is 30.4 Å². The molecule has 0 aliphatic carbocycles. The van der Waals surface area contributed by atoms with E-state index in [2.05, 4.69) is 35.2 Å². The summed E-state index contributed by atoms with van der Waals surface area (Å²) in [7, 11) is -4.52. The summed E-state index contributed by atoms with van der Waals surface area (Å²) in [4.78, 5) is 23.2. The molecule has 1 aromatic heterocycles. The number of nitrogens with one attached hydrogen (secondary N) is 1. The lowest BCUT2D eigenvalue weighted by Gasteiger charge is -2.24. The minimum Gasteiger partial charge on any atom is -0.404 e. The maximum Gasteiger partial charge on any atom is 0.524 e. The van der Waals surface area contributed by atoms with Crippen LogP contribution in [0.3, 0.4) is 0 Å². The first-order chi connectivity index (χ1) is 10.3. The van der Waals surface area contributed by atoms with E-state index in [1.54, 1.807) is 12.1 Å². The number of phosphoric acid groups is 1. The predicted octanol–water partition coefficient (Wildman–Crippen LogP) is 2.91. The van der Waals surface area contributed by atoms with Gasteiger partial charge >= 0.3 is 7.82 Å². The number of hydrogen-bond donors (Lipinski definition) is 3. The van der Waals surface area contributed by atoms with Gasteiger partial charge < -0.3 is 14.4 Å². The van der Waals surface area contributed by atoms with Crippen LogP contribution < -0.4 is 4.52 Å². The van der Waals surface area contributed by atoms with Crippen molar-refractivity contribution in [2.45, 2.75) is 33.2 Å². The molecule has 22 heavy (non-hydrogen) atoms. The van der Waals surface area contributed by atoms with Crippen molar-refractivity contribution in [1.82, 2.24) is 9.88 Å². The van der Waals surface area contributed by atoms with Crippen molar-refractivity contribution in [1.29, 1.82) is 0 Å². The molecule has 0 fully saturated rings. The summed E-state index contributed by atoms with van der Waals surface area (Å²) in [6.45, 7) is 8.51. The Labute approximate surface area is 130 Å². The van der Waals surface area contributed by atoms with Crippen LogP contribution in [0.1, 0.15) is 26.3 Å². The Bertz CT molecular complexity index is 677. The van der Waals surface area contributed by atoms with Crippen LogP contribution in [0.5, 0.6) is 5.75 Å². The van der Waals surface area contributed by atoms with Crippen LogP contribution in [0.25, 0.3) is 10.9 Å². The van der Waals surface area contributed by atoms with Gasteiger partial charge in [0.25, 0.3) is 0 Å². The molecule has 0 saturated carbocycles. The van der Waals surface area contributed by atoms with Gasteiger partial charge in [-0.1, -0.05) is 6.92 Å². The molecule has 2 rings (SSSR count). The molecule has 0 unspecified atom stereocenters. The van der Waals surface area contributed by atoms with Crippen molar-refractivity contribution in [3.05, 3.63) is 30.0 Å². The van der Waals surface area contributed by atoms with E-state index in [1.807, 2.05) is 12.3 Å². The fraction of sp³-hybridized carbons (Fsp3) is 0.467. The molecule has 2 aromatic rings. The van der Waals surface area contributed by atoms with E-state index >= 15 is 0 Å². The average Bonchev–Trinajstić information content (AvgIpc) is 2.79. The Balaban J connectivity index is 2.14. The molecule has 122 valence electrons. The Kier molecular flexibility index (Phi) is 5.29. The monoisotopic (exact) mass is 326 g/mol. The van der Waals surface area contributed by atoms with E-state index in [0.29, 0.717) is 6.04 Å². The smallest absolute Gasteiger partial charge is 0.404 e. The van der Waals surface area contributed by atoms with Gasteiger partial charge in [0.2, 0.25) is 0 Å². The van der Waals surface area contributed by atoms with Crippen LogP contribution in [-0.4, -0.2) is 38.8 Å². The maximum atomic E-state index is 10.9. The highest BCUT2D eigenvalue weighted by Gasteiger charge is 2.16. The summed E-state index contributed by atoms with van der Waals surface area (Å²) in [5.41, 5.74) is 2.00. The van der Waals surface area contributed by atoms with Gasteiger partial charge in [0, 0.05) is 35.8 Å². The quantitative estimate of drug-likeness (QED) is 0.681. The second-order valence-corrected chi connectivity index (χ2v) is 6.74. The van der Waals surface area contributed by atoms with Crippen LogP contribution >= 0.6 is 7.82 Å². The molecule has 0 spiro atoms. The minimum absolute atomic E-state index is 0.159. The first-order valence-corrected chi connectivity index (χ1v) is 8.92. The number of likely N-dealkylation sites (N-methyl/N-ethyl adjacent to an activating group) is 1. The van der Waals surface area contributed by atoms with Crippen molar-refractivity contribution in [2.24, 2.45) is 0 Å². The Hall–Kier alpha value is -1.33. The lowest BCUT2D eigenvalue weighted by Crippen LogP contribution is -2.32. The highest BCUT2D eigenvalue weighted by Crippen LogP contribution is 2.38. The van der Waals surface area contributed by atoms with Crippen molar-refractivity contribution in [2.75, 3.05) is 13.1 Å². The summed E-state index contributed by atoms with van der Waals surface area (Å²) < 4.78 is 15.5. The molecule has 0 saturated heterocycles. The first-order valence-electron chi connectivity index (χ1n) is 7.39. The van der Waals surface area contributed by atoms with Crippen LogP contribution in [0.15, 0.2) is 24.4 Å². The summed E-state index contributed by atoms with van der Waals surface area (Å²) >= 11 is 0. The average molecular weight is 326 g/mol. The van der Waals surface area contributed by atoms with Gasteiger partial charge in [-0.2, -0.15) is 0 Å². The standard InChI is InChI=1S/C15H23N2O4P/c1-4-17(11(2)3)8-7-12-10-16-15-9-13(5-6-14(12)15)21-22(18,19)20/h5-6,9-11,16H,4,7-8H2,1-3H3,(H2,18,19,20). The van der Waals surface area contributed by atoms with Crippen LogP contribution in [0.2, 0.25) is 0 Å². The molecule has 1 aromatic carbocycles. The number of nitrogens with zero attached hydrogens (tertiary/aromatic N) is 1. The fourth-order valence-electron chi connectivity index (χ4n) is 2.61. The molecule has 1 heterocycles. The molecule has 0 aliphatic heterocycles. The molecule has 0 amide bonds. The first kappa shape index (κ1) is 17.0. The lowest BCUT2D eigenvalue weighted by atomic mass is 10.1. The van der Waals surface area contributed by atoms with Gasteiger partial charge in [0.05, 0.1) is 0 Å². The van der Waals surface area contributed by atoms with Crippen LogP contribution in [0, 0.1) is 0 Å². The zero-order valence-electron chi connectivity index (χ0n) is 13.1. The third-order valence-electron chi connectivity index (χ3n) is 3.77. The Morgan fingerprint density at radius 3 is 2.68 bits per heavy atom. The number of fused-ring (bicyclic) bond motifs is 1. The van der Waals surface area contributed by atoms with Crippen molar-refractivity contribution in [3.8, 4) is 5.75 Å². The summed E-state index contributed by atoms with van der Waals surface area (Å²) in [6, 6.07) is 5.53. The Morgan fingerprint density at radius 1 is 1.36 bits per heavy atom. The van der Waals surface area contributed by atoms with E-state index in [9.17, 15) is 4.57 Å². The number of H-pyrrole nitrogens is 1. The van der Waals surface area contributed by atoms with Crippen molar-refractivity contribution >= 4 is 18.7 Å². The third kappa shape index (κ3) is 4.34. The number of aromatic amines is 1. The van der Waals surface area contributed by atoms with Gasteiger partial charge in [-0.05, 0) is 44.5 Å². The molecular formula is C15H23N2O4P. The van der Waals surface area contributed by atoms with E-state index < -0.39 is 7.82 Å². The topological polar surface area (TPSA) is 85.8 Å². The SMILES string of the molecule is CCN(CCc1c[nH]c2cc(OP(=O)(O)O)ccc12)C(C)C. The van der Waals surface area contributed by atoms with Gasteiger partial charge in [0.15, 0.2) is 0 Å². The minimum atomic E-state index is -4.52. The molecule has 0 radical (unpaired) electrons. The number of benzene rings is 1. The predicted molar refractivity (Wildman–Crippen MR) is 87.1 cm³/mol. The molecule has 7 heteroatoms. The van der Waals surface area contributed by atoms with Crippen molar-refractivity contribution in [3.63, 3.8) is 0 Å². The normalized spacial score (nSPS) is 12.5. The third-order valence-corrected chi connectivity index (χ3v) is 4.22. The zero-order valence-corrected chi connectivity index (χ0v) is 14.0. The second-order valence-electron chi connectivity index (χ2n) is 5.58. The molecule has 0 atom stereocenters. The van der Waals surface area contributed by atoms with E-state index in [1.165, 1.54) is 5.56 Å². The Morgan fingerprint density at radius 2 is 2.09 bits per heavy atom. The van der Waals surface area contributed by atoms with Gasteiger partial charge in [-0.25, -0.2) is 4.57 Å². The number of rotatable bonds is 7. The second kappa shape index (κ2) is 6.84. The van der Waals surface area contributed by atoms with Gasteiger partial charge in [-0.15, -0.1) is 0 Å². The van der Waals surface area contributed by atoms with Crippen LogP contribution in [-0.2, 0) is 11.0 Å². The molecule has 0 bridgehead atoms. The molecule has 3 N–H and O–H groups in total. The zero-order chi connectivity index (χ0) is 16.3. The fourth-order valence-corrected chi connectivity index (χ4v) is 3.00. The largest absolute Gasteiger partial charge is 0.524 e. The molecule has 6 nitrogen and oxygen atoms in total.